The van der Waals surface area contributed by atoms with Gasteiger partial charge in [0.2, 0.25) is 0 Å². The molecule has 0 aliphatic heterocycles. The molecule has 1 heterocycles. The van der Waals surface area contributed by atoms with Gasteiger partial charge in [0.15, 0.2) is 0 Å². The lowest BCUT2D eigenvalue weighted by Gasteiger charge is -2.15. The fourth-order valence-corrected chi connectivity index (χ4v) is 2.22. The van der Waals surface area contributed by atoms with Gasteiger partial charge in [0, 0.05) is 6.04 Å². The van der Waals surface area contributed by atoms with Crippen LogP contribution in [0.25, 0.3) is 0 Å². The van der Waals surface area contributed by atoms with Crippen LogP contribution in [0, 0.1) is 13.8 Å². The number of hydrogen-bond acceptors (Lipinski definition) is 3. The first kappa shape index (κ1) is 13.7. The van der Waals surface area contributed by atoms with Crippen molar-refractivity contribution < 1.29 is 0 Å². The summed E-state index contributed by atoms with van der Waals surface area (Å²) in [4.78, 5) is 0. The summed E-state index contributed by atoms with van der Waals surface area (Å²) in [6.45, 7) is 6.13. The molecule has 1 aromatic heterocycles. The second-order valence-electron chi connectivity index (χ2n) is 5.04. The highest BCUT2D eigenvalue weighted by molar-refractivity contribution is 5.28. The zero-order chi connectivity index (χ0) is 13.8. The maximum atomic E-state index is 6.34. The lowest BCUT2D eigenvalue weighted by atomic mass is 9.97. The Bertz CT molecular complexity index is 546. The van der Waals surface area contributed by atoms with Gasteiger partial charge < -0.3 is 5.73 Å². The summed E-state index contributed by atoms with van der Waals surface area (Å²) in [5, 5.41) is 8.35. The number of nitrogens with zero attached hydrogens (tertiary/aromatic N) is 2. The van der Waals surface area contributed by atoms with Crippen molar-refractivity contribution in [2.24, 2.45) is 5.73 Å². The van der Waals surface area contributed by atoms with E-state index in [4.69, 9.17) is 5.73 Å². The second-order valence-corrected chi connectivity index (χ2v) is 5.04. The highest BCUT2D eigenvalue weighted by Crippen LogP contribution is 2.20. The fourth-order valence-electron chi connectivity index (χ4n) is 2.22. The van der Waals surface area contributed by atoms with E-state index >= 15 is 0 Å². The van der Waals surface area contributed by atoms with Crippen molar-refractivity contribution in [2.45, 2.75) is 39.7 Å². The average Bonchev–Trinajstić information content (AvgIpc) is 2.41. The average molecular weight is 255 g/mol. The number of nitrogens with two attached hydrogens (primary N) is 1. The minimum atomic E-state index is -0.0214. The Hall–Kier alpha value is -1.74. The molecule has 3 heteroatoms. The third-order valence-electron chi connectivity index (χ3n) is 3.34. The van der Waals surface area contributed by atoms with Crippen LogP contribution in [0.15, 0.2) is 30.3 Å². The molecule has 2 N–H and O–H groups in total. The largest absolute Gasteiger partial charge is 0.324 e. The van der Waals surface area contributed by atoms with Crippen LogP contribution in [-0.4, -0.2) is 10.2 Å². The van der Waals surface area contributed by atoms with Gasteiger partial charge in [0.05, 0.1) is 11.4 Å². The van der Waals surface area contributed by atoms with E-state index in [0.717, 1.165) is 29.8 Å². The minimum Gasteiger partial charge on any atom is -0.324 e. The molecule has 2 aromatic rings. The van der Waals surface area contributed by atoms with Gasteiger partial charge in [-0.25, -0.2) is 0 Å². The predicted molar refractivity (Wildman–Crippen MR) is 78.0 cm³/mol. The molecule has 19 heavy (non-hydrogen) atoms. The molecule has 0 fully saturated rings. The molecule has 0 aliphatic rings. The highest BCUT2D eigenvalue weighted by atomic mass is 15.1. The van der Waals surface area contributed by atoms with Crippen molar-refractivity contribution in [1.29, 1.82) is 0 Å². The molecule has 0 bridgehead atoms. The Kier molecular flexibility index (Phi) is 4.27. The monoisotopic (exact) mass is 255 g/mol. The Morgan fingerprint density at radius 2 is 1.79 bits per heavy atom. The molecule has 3 nitrogen and oxygen atoms in total. The van der Waals surface area contributed by atoms with Gasteiger partial charge in [-0.2, -0.15) is 10.2 Å². The first-order valence-electron chi connectivity index (χ1n) is 6.74. The maximum absolute atomic E-state index is 6.34. The third kappa shape index (κ3) is 3.38. The molecule has 0 aliphatic carbocycles. The molecule has 1 unspecified atom stereocenters. The first-order chi connectivity index (χ1) is 9.10. The van der Waals surface area contributed by atoms with Gasteiger partial charge in [0.1, 0.15) is 0 Å². The van der Waals surface area contributed by atoms with E-state index in [-0.39, 0.29) is 6.04 Å². The second kappa shape index (κ2) is 5.93. The SMILES string of the molecule is CCc1nnc(C)cc1C(N)Cc1ccc(C)cc1. The van der Waals surface area contributed by atoms with E-state index in [1.807, 2.05) is 6.92 Å². The van der Waals surface area contributed by atoms with Crippen LogP contribution in [0.2, 0.25) is 0 Å². The van der Waals surface area contributed by atoms with Gasteiger partial charge in [-0.3, -0.25) is 0 Å². The van der Waals surface area contributed by atoms with Gasteiger partial charge >= 0.3 is 0 Å². The van der Waals surface area contributed by atoms with Crippen LogP contribution in [-0.2, 0) is 12.8 Å². The Morgan fingerprint density at radius 1 is 1.11 bits per heavy atom. The Balaban J connectivity index is 2.21. The standard InChI is InChI=1S/C16H21N3/c1-4-16-14(9-12(3)18-19-16)15(17)10-13-7-5-11(2)6-8-13/h5-9,15H,4,10,17H2,1-3H3. The molecule has 1 atom stereocenters. The molecule has 1 aromatic carbocycles. The zero-order valence-corrected chi connectivity index (χ0v) is 11.9. The van der Waals surface area contributed by atoms with Crippen LogP contribution < -0.4 is 5.73 Å². The molecule has 0 radical (unpaired) electrons. The van der Waals surface area contributed by atoms with E-state index in [1.165, 1.54) is 11.1 Å². The summed E-state index contributed by atoms with van der Waals surface area (Å²) in [5.74, 6) is 0. The van der Waals surface area contributed by atoms with Crippen LogP contribution >= 0.6 is 0 Å². The maximum Gasteiger partial charge on any atom is 0.0676 e. The molecular weight excluding hydrogens is 234 g/mol. The van der Waals surface area contributed by atoms with Crippen molar-refractivity contribution in [3.05, 3.63) is 58.4 Å². The fraction of sp³-hybridized carbons (Fsp3) is 0.375. The summed E-state index contributed by atoms with van der Waals surface area (Å²) in [7, 11) is 0. The minimum absolute atomic E-state index is 0.0214. The van der Waals surface area contributed by atoms with E-state index in [1.54, 1.807) is 0 Å². The van der Waals surface area contributed by atoms with Crippen molar-refractivity contribution in [2.75, 3.05) is 0 Å². The van der Waals surface area contributed by atoms with Gasteiger partial charge in [-0.15, -0.1) is 0 Å². The van der Waals surface area contributed by atoms with Crippen molar-refractivity contribution >= 4 is 0 Å². The van der Waals surface area contributed by atoms with Crippen LogP contribution in [0.4, 0.5) is 0 Å². The highest BCUT2D eigenvalue weighted by Gasteiger charge is 2.13. The summed E-state index contributed by atoms with van der Waals surface area (Å²) in [6, 6.07) is 10.6. The number of aromatic nitrogens is 2. The molecule has 0 saturated carbocycles. The van der Waals surface area contributed by atoms with Crippen molar-refractivity contribution in [3.8, 4) is 0 Å². The predicted octanol–water partition coefficient (Wildman–Crippen LogP) is 2.90. The van der Waals surface area contributed by atoms with Crippen LogP contribution in [0.1, 0.15) is 41.0 Å². The zero-order valence-electron chi connectivity index (χ0n) is 11.9. The van der Waals surface area contributed by atoms with E-state index in [2.05, 4.69) is 54.4 Å². The lowest BCUT2D eigenvalue weighted by molar-refractivity contribution is 0.691. The molecule has 2 rings (SSSR count). The smallest absolute Gasteiger partial charge is 0.0676 e. The summed E-state index contributed by atoms with van der Waals surface area (Å²) in [6.07, 6.45) is 1.70. The summed E-state index contributed by atoms with van der Waals surface area (Å²) in [5.41, 5.74) is 11.9. The van der Waals surface area contributed by atoms with Crippen LogP contribution in [0.3, 0.4) is 0 Å². The van der Waals surface area contributed by atoms with E-state index in [9.17, 15) is 0 Å². The molecule has 0 amide bonds. The van der Waals surface area contributed by atoms with Crippen molar-refractivity contribution in [3.63, 3.8) is 0 Å². The Morgan fingerprint density at radius 3 is 2.42 bits per heavy atom. The van der Waals surface area contributed by atoms with E-state index < -0.39 is 0 Å². The molecule has 0 spiro atoms. The summed E-state index contributed by atoms with van der Waals surface area (Å²) < 4.78 is 0. The van der Waals surface area contributed by atoms with Crippen LogP contribution in [0.5, 0.6) is 0 Å². The third-order valence-corrected chi connectivity index (χ3v) is 3.34. The Labute approximate surface area is 114 Å². The molecular formula is C16H21N3. The number of rotatable bonds is 4. The van der Waals surface area contributed by atoms with Gasteiger partial charge in [-0.05, 0) is 43.9 Å². The first-order valence-corrected chi connectivity index (χ1v) is 6.74. The van der Waals surface area contributed by atoms with Crippen molar-refractivity contribution in [1.82, 2.24) is 10.2 Å². The lowest BCUT2D eigenvalue weighted by Crippen LogP contribution is -2.17. The quantitative estimate of drug-likeness (QED) is 0.914. The normalized spacial score (nSPS) is 12.4. The number of hydrogen-bond donors (Lipinski definition) is 1. The van der Waals surface area contributed by atoms with Gasteiger partial charge in [-0.1, -0.05) is 36.8 Å². The molecule has 0 saturated heterocycles. The summed E-state index contributed by atoms with van der Waals surface area (Å²) >= 11 is 0. The van der Waals surface area contributed by atoms with Gasteiger partial charge in [0.25, 0.3) is 0 Å². The number of aryl methyl sites for hydroxylation is 3. The topological polar surface area (TPSA) is 51.8 Å². The number of benzene rings is 1. The van der Waals surface area contributed by atoms with E-state index in [0.29, 0.717) is 0 Å². The molecule has 100 valence electrons.